The molecule has 1 unspecified atom stereocenters. The monoisotopic (exact) mass is 458 g/mol. The Morgan fingerprint density at radius 3 is 2.65 bits per heavy atom. The highest BCUT2D eigenvalue weighted by Crippen LogP contribution is 2.38. The highest BCUT2D eigenvalue weighted by molar-refractivity contribution is 5.86. The minimum Gasteiger partial charge on any atom is -0.467 e. The van der Waals surface area contributed by atoms with Crippen LogP contribution in [0.1, 0.15) is 41.3 Å². The van der Waals surface area contributed by atoms with Crippen LogP contribution in [0.2, 0.25) is 0 Å². The molecule has 1 N–H and O–H groups in total. The fraction of sp³-hybridized carbons (Fsp3) is 0.192. The van der Waals surface area contributed by atoms with Crippen LogP contribution in [0.3, 0.4) is 0 Å². The maximum absolute atomic E-state index is 13.7. The van der Waals surface area contributed by atoms with Gasteiger partial charge in [-0.15, -0.1) is 0 Å². The summed E-state index contributed by atoms with van der Waals surface area (Å²) in [5.41, 5.74) is 4.99. The van der Waals surface area contributed by atoms with Crippen molar-refractivity contribution in [3.8, 4) is 11.4 Å². The highest BCUT2D eigenvalue weighted by Gasteiger charge is 2.36. The zero-order valence-corrected chi connectivity index (χ0v) is 19.0. The summed E-state index contributed by atoms with van der Waals surface area (Å²) in [6.45, 7) is 6.16. The molecular formula is C26H23FN4O3. The van der Waals surface area contributed by atoms with E-state index in [9.17, 15) is 9.18 Å². The topological polar surface area (TPSA) is 84.4 Å². The standard InChI is InChI=1S/C26H23FN4O3/c1-15-9-10-18(12-16(15)2)23-22(17(3)31(26(32)28-23)14-21-8-5-11-33-21)25-29-24(30-34-25)19-6-4-7-20(27)13-19/h4-13,23H,14H2,1-3H3,(H,28,32). The molecule has 3 heterocycles. The van der Waals surface area contributed by atoms with Gasteiger partial charge in [0.1, 0.15) is 11.6 Å². The number of rotatable bonds is 5. The van der Waals surface area contributed by atoms with Gasteiger partial charge in [-0.05, 0) is 61.7 Å². The smallest absolute Gasteiger partial charge is 0.322 e. The van der Waals surface area contributed by atoms with Gasteiger partial charge in [-0.25, -0.2) is 9.18 Å². The Morgan fingerprint density at radius 2 is 1.91 bits per heavy atom. The van der Waals surface area contributed by atoms with E-state index in [1.54, 1.807) is 29.4 Å². The van der Waals surface area contributed by atoms with E-state index in [1.807, 2.05) is 45.0 Å². The van der Waals surface area contributed by atoms with Crippen LogP contribution < -0.4 is 5.32 Å². The fourth-order valence-corrected chi connectivity index (χ4v) is 4.08. The van der Waals surface area contributed by atoms with E-state index in [2.05, 4.69) is 15.5 Å². The van der Waals surface area contributed by atoms with Crippen molar-refractivity contribution in [3.63, 3.8) is 0 Å². The Labute approximate surface area is 195 Å². The van der Waals surface area contributed by atoms with Crippen LogP contribution in [0, 0.1) is 19.7 Å². The zero-order valence-electron chi connectivity index (χ0n) is 19.0. The second-order valence-electron chi connectivity index (χ2n) is 8.32. The van der Waals surface area contributed by atoms with E-state index in [1.165, 1.54) is 12.1 Å². The van der Waals surface area contributed by atoms with Gasteiger partial charge in [0.05, 0.1) is 24.4 Å². The van der Waals surface area contributed by atoms with Crippen molar-refractivity contribution in [2.75, 3.05) is 0 Å². The minimum absolute atomic E-state index is 0.249. The Balaban J connectivity index is 1.62. The molecule has 1 aliphatic rings. The number of halogens is 1. The summed E-state index contributed by atoms with van der Waals surface area (Å²) in [7, 11) is 0. The first-order chi connectivity index (χ1) is 16.4. The first-order valence-corrected chi connectivity index (χ1v) is 10.9. The van der Waals surface area contributed by atoms with Crippen LogP contribution in [0.15, 0.2) is 75.5 Å². The van der Waals surface area contributed by atoms with Crippen molar-refractivity contribution in [1.29, 1.82) is 0 Å². The molecule has 0 spiro atoms. The summed E-state index contributed by atoms with van der Waals surface area (Å²) in [6.07, 6.45) is 1.57. The lowest BCUT2D eigenvalue weighted by Crippen LogP contribution is -2.45. The van der Waals surface area contributed by atoms with Crippen molar-refractivity contribution in [2.24, 2.45) is 0 Å². The zero-order chi connectivity index (χ0) is 23.8. The summed E-state index contributed by atoms with van der Waals surface area (Å²) in [4.78, 5) is 19.3. The van der Waals surface area contributed by atoms with E-state index in [-0.39, 0.29) is 30.1 Å². The van der Waals surface area contributed by atoms with Crippen molar-refractivity contribution >= 4 is 11.6 Å². The van der Waals surface area contributed by atoms with Gasteiger partial charge in [-0.3, -0.25) is 4.90 Å². The molecule has 0 radical (unpaired) electrons. The number of aryl methyl sites for hydroxylation is 2. The molecule has 2 aromatic heterocycles. The van der Waals surface area contributed by atoms with Crippen LogP contribution in [0.25, 0.3) is 17.0 Å². The quantitative estimate of drug-likeness (QED) is 0.410. The molecule has 0 saturated carbocycles. The number of nitrogens with one attached hydrogen (secondary N) is 1. The number of carbonyl (C=O) groups is 1. The number of carbonyl (C=O) groups excluding carboxylic acids is 1. The van der Waals surface area contributed by atoms with Crippen LogP contribution >= 0.6 is 0 Å². The molecule has 1 aliphatic heterocycles. The SMILES string of the molecule is CC1=C(c2nc(-c3cccc(F)c3)no2)C(c2ccc(C)c(C)c2)NC(=O)N1Cc1ccco1. The first kappa shape index (κ1) is 21.6. The molecule has 0 aliphatic carbocycles. The van der Waals surface area contributed by atoms with Gasteiger partial charge in [0, 0.05) is 11.3 Å². The predicted octanol–water partition coefficient (Wildman–Crippen LogP) is 5.78. The molecule has 1 atom stereocenters. The number of furan rings is 1. The highest BCUT2D eigenvalue weighted by atomic mass is 19.1. The fourth-order valence-electron chi connectivity index (χ4n) is 4.08. The molecule has 34 heavy (non-hydrogen) atoms. The van der Waals surface area contributed by atoms with Gasteiger partial charge in [-0.2, -0.15) is 4.98 Å². The molecule has 2 amide bonds. The third-order valence-corrected chi connectivity index (χ3v) is 6.09. The van der Waals surface area contributed by atoms with E-state index >= 15 is 0 Å². The first-order valence-electron chi connectivity index (χ1n) is 10.9. The molecular weight excluding hydrogens is 435 g/mol. The van der Waals surface area contributed by atoms with E-state index in [0.717, 1.165) is 16.7 Å². The van der Waals surface area contributed by atoms with Crippen LogP contribution in [0.4, 0.5) is 9.18 Å². The summed E-state index contributed by atoms with van der Waals surface area (Å²) >= 11 is 0. The lowest BCUT2D eigenvalue weighted by Gasteiger charge is -2.34. The van der Waals surface area contributed by atoms with Gasteiger partial charge < -0.3 is 14.3 Å². The Bertz CT molecular complexity index is 1390. The maximum Gasteiger partial charge on any atom is 0.322 e. The Hall–Kier alpha value is -4.20. The second-order valence-corrected chi connectivity index (χ2v) is 8.32. The Morgan fingerprint density at radius 1 is 1.06 bits per heavy atom. The van der Waals surface area contributed by atoms with Gasteiger partial charge in [0.15, 0.2) is 0 Å². The third-order valence-electron chi connectivity index (χ3n) is 6.09. The number of hydrogen-bond acceptors (Lipinski definition) is 5. The van der Waals surface area contributed by atoms with Gasteiger partial charge >= 0.3 is 6.03 Å². The number of amides is 2. The van der Waals surface area contributed by atoms with Crippen LogP contribution in [-0.4, -0.2) is 21.1 Å². The average molecular weight is 458 g/mol. The van der Waals surface area contributed by atoms with Crippen LogP contribution in [0.5, 0.6) is 0 Å². The maximum atomic E-state index is 13.7. The lowest BCUT2D eigenvalue weighted by atomic mass is 9.92. The molecule has 2 aromatic carbocycles. The molecule has 0 fully saturated rings. The minimum atomic E-state index is -0.500. The van der Waals surface area contributed by atoms with Crippen molar-refractivity contribution < 1.29 is 18.1 Å². The number of hydrogen-bond donors (Lipinski definition) is 1. The number of nitrogens with zero attached hydrogens (tertiary/aromatic N) is 3. The number of benzene rings is 2. The number of urea groups is 1. The average Bonchev–Trinajstić information content (AvgIpc) is 3.50. The third kappa shape index (κ3) is 3.98. The molecule has 7 nitrogen and oxygen atoms in total. The van der Waals surface area contributed by atoms with Gasteiger partial charge in [-0.1, -0.05) is 35.5 Å². The molecule has 4 aromatic rings. The van der Waals surface area contributed by atoms with Gasteiger partial charge in [0.25, 0.3) is 5.89 Å². The summed E-state index contributed by atoms with van der Waals surface area (Å²) < 4.78 is 24.9. The normalized spacial score (nSPS) is 16.2. The van der Waals surface area contributed by atoms with Crippen molar-refractivity contribution in [2.45, 2.75) is 33.4 Å². The molecule has 8 heteroatoms. The number of allylic oxidation sites excluding steroid dienone is 1. The predicted molar refractivity (Wildman–Crippen MR) is 124 cm³/mol. The molecule has 172 valence electrons. The van der Waals surface area contributed by atoms with E-state index in [0.29, 0.717) is 22.6 Å². The van der Waals surface area contributed by atoms with Crippen molar-refractivity contribution in [3.05, 3.63) is 101 Å². The number of aromatic nitrogens is 2. The molecule has 0 saturated heterocycles. The lowest BCUT2D eigenvalue weighted by molar-refractivity contribution is 0.199. The van der Waals surface area contributed by atoms with E-state index < -0.39 is 6.04 Å². The summed E-state index contributed by atoms with van der Waals surface area (Å²) in [5, 5.41) is 7.16. The summed E-state index contributed by atoms with van der Waals surface area (Å²) in [5.74, 6) is 0.777. The van der Waals surface area contributed by atoms with E-state index in [4.69, 9.17) is 8.94 Å². The van der Waals surface area contributed by atoms with Gasteiger partial charge in [0.2, 0.25) is 5.82 Å². The van der Waals surface area contributed by atoms with Crippen molar-refractivity contribution in [1.82, 2.24) is 20.4 Å². The summed E-state index contributed by atoms with van der Waals surface area (Å²) in [6, 6.07) is 14.9. The van der Waals surface area contributed by atoms with Crippen LogP contribution in [-0.2, 0) is 6.54 Å². The molecule has 0 bridgehead atoms. The second kappa shape index (κ2) is 8.62. The Kier molecular flexibility index (Phi) is 5.49. The molecule has 5 rings (SSSR count). The largest absolute Gasteiger partial charge is 0.467 e.